The number of hydrogen-bond acceptors (Lipinski definition) is 8. The number of rotatable bonds is 9. The predicted molar refractivity (Wildman–Crippen MR) is 112 cm³/mol. The Morgan fingerprint density at radius 3 is 2.77 bits per heavy atom. The number of nitrogens with zero attached hydrogens (tertiary/aromatic N) is 2. The van der Waals surface area contributed by atoms with Gasteiger partial charge in [-0.2, -0.15) is 5.10 Å². The topological polar surface area (TPSA) is 115 Å². The van der Waals surface area contributed by atoms with Gasteiger partial charge in [0.2, 0.25) is 0 Å². The molecule has 0 aliphatic heterocycles. The minimum absolute atomic E-state index is 0.146. The highest BCUT2D eigenvalue weighted by Crippen LogP contribution is 2.34. The Labute approximate surface area is 177 Å². The number of nitrogens with one attached hydrogen (secondary N) is 2. The molecular formula is C20H22N4O5S. The summed E-state index contributed by atoms with van der Waals surface area (Å²) in [6, 6.07) is 7.00. The van der Waals surface area contributed by atoms with Crippen molar-refractivity contribution in [2.45, 2.75) is 19.8 Å². The van der Waals surface area contributed by atoms with Gasteiger partial charge in [0.25, 0.3) is 5.91 Å². The Kier molecular flexibility index (Phi) is 7.02. The second-order valence-corrected chi connectivity index (χ2v) is 7.11. The zero-order chi connectivity index (χ0) is 21.5. The van der Waals surface area contributed by atoms with E-state index in [-0.39, 0.29) is 5.69 Å². The first-order valence-corrected chi connectivity index (χ1v) is 10.1. The summed E-state index contributed by atoms with van der Waals surface area (Å²) in [5, 5.41) is 11.5. The van der Waals surface area contributed by atoms with Crippen molar-refractivity contribution in [2.75, 3.05) is 26.1 Å². The van der Waals surface area contributed by atoms with Crippen LogP contribution in [0, 0.1) is 0 Å². The Morgan fingerprint density at radius 1 is 1.20 bits per heavy atom. The minimum atomic E-state index is -0.662. The van der Waals surface area contributed by atoms with Crippen LogP contribution in [0.4, 0.5) is 5.13 Å². The van der Waals surface area contributed by atoms with E-state index in [4.69, 9.17) is 14.2 Å². The van der Waals surface area contributed by atoms with E-state index in [0.717, 1.165) is 24.1 Å². The van der Waals surface area contributed by atoms with Gasteiger partial charge >= 0.3 is 5.97 Å². The van der Waals surface area contributed by atoms with Gasteiger partial charge in [0.15, 0.2) is 17.4 Å². The van der Waals surface area contributed by atoms with Gasteiger partial charge < -0.3 is 14.2 Å². The maximum Gasteiger partial charge on any atom is 0.359 e. The molecule has 2 heterocycles. The normalized spacial score (nSPS) is 10.5. The molecule has 0 atom stereocenters. The van der Waals surface area contributed by atoms with Crippen molar-refractivity contribution in [3.8, 4) is 22.8 Å². The fraction of sp³-hybridized carbons (Fsp3) is 0.300. The summed E-state index contributed by atoms with van der Waals surface area (Å²) in [6.45, 7) is 1.59. The van der Waals surface area contributed by atoms with Crippen LogP contribution in [0.1, 0.15) is 29.5 Å². The second-order valence-electron chi connectivity index (χ2n) is 6.26. The lowest BCUT2D eigenvalue weighted by Crippen LogP contribution is -2.21. The minimum Gasteiger partial charge on any atom is -0.497 e. The molecule has 0 aliphatic carbocycles. The van der Waals surface area contributed by atoms with Crippen molar-refractivity contribution in [2.24, 2.45) is 0 Å². The molecule has 3 rings (SSSR count). The number of anilines is 1. The Hall–Kier alpha value is -3.40. The number of amides is 1. The van der Waals surface area contributed by atoms with E-state index in [2.05, 4.69) is 20.5 Å². The van der Waals surface area contributed by atoms with Gasteiger partial charge in [-0.3, -0.25) is 15.2 Å². The highest BCUT2D eigenvalue weighted by atomic mass is 32.1. The molecule has 2 N–H and O–H groups in total. The summed E-state index contributed by atoms with van der Waals surface area (Å²) < 4.78 is 15.6. The number of hydrogen-bond donors (Lipinski definition) is 2. The van der Waals surface area contributed by atoms with Crippen LogP contribution in [-0.2, 0) is 16.0 Å². The molecule has 0 radical (unpaired) electrons. The van der Waals surface area contributed by atoms with Crippen LogP contribution >= 0.6 is 11.3 Å². The molecule has 1 aromatic carbocycles. The Balaban J connectivity index is 1.59. The number of methoxy groups -OCH3 is 2. The fourth-order valence-electron chi connectivity index (χ4n) is 2.69. The van der Waals surface area contributed by atoms with Crippen LogP contribution in [0.3, 0.4) is 0 Å². The van der Waals surface area contributed by atoms with Crippen LogP contribution in [0.15, 0.2) is 29.6 Å². The van der Waals surface area contributed by atoms with Crippen LogP contribution in [-0.4, -0.2) is 47.9 Å². The summed E-state index contributed by atoms with van der Waals surface area (Å²) in [6.07, 6.45) is 1.71. The molecule has 2 aromatic heterocycles. The predicted octanol–water partition coefficient (Wildman–Crippen LogP) is 3.30. The SMILES string of the molecule is CCCc1cc(C(=O)OCC(=O)Nc2nc(-c3cc(OC)ccc3OC)cs2)n[nH]1. The zero-order valence-corrected chi connectivity index (χ0v) is 17.7. The number of ether oxygens (including phenoxy) is 3. The lowest BCUT2D eigenvalue weighted by Gasteiger charge is -2.08. The molecule has 0 unspecified atom stereocenters. The Morgan fingerprint density at radius 2 is 2.03 bits per heavy atom. The third kappa shape index (κ3) is 5.15. The third-order valence-electron chi connectivity index (χ3n) is 4.13. The lowest BCUT2D eigenvalue weighted by atomic mass is 10.1. The largest absolute Gasteiger partial charge is 0.497 e. The molecule has 0 saturated heterocycles. The van der Waals surface area contributed by atoms with Crippen molar-refractivity contribution in [1.82, 2.24) is 15.2 Å². The first-order valence-electron chi connectivity index (χ1n) is 9.23. The molecular weight excluding hydrogens is 408 g/mol. The van der Waals surface area contributed by atoms with E-state index in [0.29, 0.717) is 22.3 Å². The smallest absolute Gasteiger partial charge is 0.359 e. The molecule has 1 amide bonds. The number of aromatic nitrogens is 3. The van der Waals surface area contributed by atoms with Gasteiger partial charge in [0.05, 0.1) is 19.9 Å². The number of benzene rings is 1. The van der Waals surface area contributed by atoms with E-state index >= 15 is 0 Å². The molecule has 3 aromatic rings. The van der Waals surface area contributed by atoms with Crippen molar-refractivity contribution in [3.63, 3.8) is 0 Å². The lowest BCUT2D eigenvalue weighted by molar-refractivity contribution is -0.119. The second kappa shape index (κ2) is 9.88. The maximum absolute atomic E-state index is 12.1. The first kappa shape index (κ1) is 21.3. The highest BCUT2D eigenvalue weighted by Gasteiger charge is 2.16. The summed E-state index contributed by atoms with van der Waals surface area (Å²) in [5.41, 5.74) is 2.36. The van der Waals surface area contributed by atoms with Gasteiger partial charge in [0.1, 0.15) is 11.5 Å². The van der Waals surface area contributed by atoms with Crippen molar-refractivity contribution in [1.29, 1.82) is 0 Å². The summed E-state index contributed by atoms with van der Waals surface area (Å²) in [5.74, 6) is 0.141. The third-order valence-corrected chi connectivity index (χ3v) is 4.88. The first-order chi connectivity index (χ1) is 14.5. The molecule has 0 fully saturated rings. The number of esters is 1. The number of H-pyrrole nitrogens is 1. The van der Waals surface area contributed by atoms with E-state index in [9.17, 15) is 9.59 Å². The standard InChI is InChI=1S/C20H22N4O5S/c1-4-5-12-8-15(24-23-12)19(26)29-10-18(25)22-20-21-16(11-30-20)14-9-13(27-2)6-7-17(14)28-3/h6-9,11H,4-5,10H2,1-3H3,(H,23,24)(H,21,22,25). The summed E-state index contributed by atoms with van der Waals surface area (Å²) in [7, 11) is 3.15. The van der Waals surface area contributed by atoms with Crippen LogP contribution in [0.25, 0.3) is 11.3 Å². The van der Waals surface area contributed by atoms with Gasteiger partial charge in [0, 0.05) is 16.6 Å². The molecule has 10 heteroatoms. The van der Waals surface area contributed by atoms with Crippen molar-refractivity contribution >= 4 is 28.3 Å². The molecule has 158 valence electrons. The van der Waals surface area contributed by atoms with Crippen LogP contribution < -0.4 is 14.8 Å². The van der Waals surface area contributed by atoms with E-state index in [1.165, 1.54) is 11.3 Å². The molecule has 9 nitrogen and oxygen atoms in total. The van der Waals surface area contributed by atoms with Crippen molar-refractivity contribution < 1.29 is 23.8 Å². The maximum atomic E-state index is 12.1. The fourth-order valence-corrected chi connectivity index (χ4v) is 3.42. The van der Waals surface area contributed by atoms with Gasteiger partial charge in [-0.05, 0) is 30.7 Å². The van der Waals surface area contributed by atoms with E-state index in [1.54, 1.807) is 43.9 Å². The summed E-state index contributed by atoms with van der Waals surface area (Å²) in [4.78, 5) is 28.6. The molecule has 30 heavy (non-hydrogen) atoms. The zero-order valence-electron chi connectivity index (χ0n) is 16.9. The summed E-state index contributed by atoms with van der Waals surface area (Å²) >= 11 is 1.25. The molecule has 0 bridgehead atoms. The van der Waals surface area contributed by atoms with E-state index < -0.39 is 18.5 Å². The quantitative estimate of drug-likeness (QED) is 0.501. The average Bonchev–Trinajstić information content (AvgIpc) is 3.41. The van der Waals surface area contributed by atoms with Crippen molar-refractivity contribution in [3.05, 3.63) is 41.0 Å². The van der Waals surface area contributed by atoms with Gasteiger partial charge in [-0.15, -0.1) is 11.3 Å². The van der Waals surface area contributed by atoms with E-state index in [1.807, 2.05) is 6.92 Å². The number of carbonyl (C=O) groups is 2. The van der Waals surface area contributed by atoms with Crippen LogP contribution in [0.5, 0.6) is 11.5 Å². The molecule has 0 saturated carbocycles. The number of aryl methyl sites for hydroxylation is 1. The molecule has 0 spiro atoms. The van der Waals surface area contributed by atoms with Gasteiger partial charge in [-0.1, -0.05) is 13.3 Å². The number of thiazole rings is 1. The number of aromatic amines is 1. The van der Waals surface area contributed by atoms with Crippen LogP contribution in [0.2, 0.25) is 0 Å². The average molecular weight is 430 g/mol. The molecule has 0 aliphatic rings. The Bertz CT molecular complexity index is 1030. The monoisotopic (exact) mass is 430 g/mol. The number of carbonyl (C=O) groups excluding carboxylic acids is 2. The van der Waals surface area contributed by atoms with Gasteiger partial charge in [-0.25, -0.2) is 9.78 Å². The highest BCUT2D eigenvalue weighted by molar-refractivity contribution is 7.14.